The van der Waals surface area contributed by atoms with E-state index in [4.69, 9.17) is 0 Å². The Morgan fingerprint density at radius 2 is 0.808 bits per heavy atom. The molecule has 0 bridgehead atoms. The number of hydrogen-bond acceptors (Lipinski definition) is 6. The van der Waals surface area contributed by atoms with Crippen LogP contribution in [0.4, 0.5) is 0 Å². The lowest BCUT2D eigenvalue weighted by molar-refractivity contribution is -0.261. The van der Waals surface area contributed by atoms with Gasteiger partial charge in [0.25, 0.3) is 0 Å². The van der Waals surface area contributed by atoms with Crippen molar-refractivity contribution in [3.63, 3.8) is 0 Å². The van der Waals surface area contributed by atoms with Crippen molar-refractivity contribution in [3.05, 3.63) is 0 Å². The van der Waals surface area contributed by atoms with Gasteiger partial charge in [-0.2, -0.15) is 0 Å². The minimum atomic E-state index is -2.70. The Morgan fingerprint density at radius 3 is 1.00 bits per heavy atom. The summed E-state index contributed by atoms with van der Waals surface area (Å²) < 4.78 is 0. The molecule has 1 fully saturated rings. The van der Waals surface area contributed by atoms with Gasteiger partial charge in [-0.05, 0) is 0 Å². The lowest BCUT2D eigenvalue weighted by atomic mass is 9.83. The van der Waals surface area contributed by atoms with Gasteiger partial charge in [-0.15, -0.1) is 0 Å². The highest BCUT2D eigenvalue weighted by molar-refractivity contribution is 6.85. The molecule has 1 saturated carbocycles. The van der Waals surface area contributed by atoms with Crippen molar-refractivity contribution in [2.24, 2.45) is 0 Å². The van der Waals surface area contributed by atoms with Crippen LogP contribution < -0.4 is 0 Å². The van der Waals surface area contributed by atoms with E-state index in [0.29, 0.717) is 36.3 Å². The molecule has 0 radical (unpaired) electrons. The fourth-order valence-electron chi connectivity index (χ4n) is 5.76. The molecule has 0 amide bonds. The number of rotatable bonds is 8. The van der Waals surface area contributed by atoms with Crippen molar-refractivity contribution in [2.45, 2.75) is 113 Å². The first-order valence-corrected chi connectivity index (χ1v) is 15.4. The van der Waals surface area contributed by atoms with Gasteiger partial charge in [-0.25, -0.2) is 0 Å². The van der Waals surface area contributed by atoms with E-state index in [1.54, 1.807) is 0 Å². The summed E-state index contributed by atoms with van der Waals surface area (Å²) in [4.78, 5) is 0. The Hall–Kier alpha value is 0.194. The first-order valence-electron chi connectivity index (χ1n) is 10.2. The summed E-state index contributed by atoms with van der Waals surface area (Å²) in [6, 6.07) is 3.60. The third-order valence-corrected chi connectivity index (χ3v) is 20.8. The third kappa shape index (κ3) is 2.80. The predicted molar refractivity (Wildman–Crippen MR) is 108 cm³/mol. The maximum Gasteiger partial charge on any atom is 0.111 e. The van der Waals surface area contributed by atoms with Crippen molar-refractivity contribution in [3.8, 4) is 0 Å². The molecule has 0 aromatic carbocycles. The average molecular weight is 409 g/mol. The van der Waals surface area contributed by atoms with E-state index in [-0.39, 0.29) is 0 Å². The van der Waals surface area contributed by atoms with Crippen LogP contribution in [0, 0.1) is 0 Å². The molecule has 0 aromatic heterocycles. The molecule has 26 heavy (non-hydrogen) atoms. The molecular weight excluding hydrogens is 368 g/mol. The maximum atomic E-state index is 11.7. The van der Waals surface area contributed by atoms with Gasteiger partial charge in [0, 0.05) is 0 Å². The lowest BCUT2D eigenvalue weighted by Gasteiger charge is -2.63. The summed E-state index contributed by atoms with van der Waals surface area (Å²) in [5.74, 6) is 0. The molecule has 156 valence electrons. The maximum absolute atomic E-state index is 11.7. The lowest BCUT2D eigenvalue weighted by Crippen LogP contribution is -2.88. The second-order valence-electron chi connectivity index (χ2n) is 8.12. The molecule has 8 heteroatoms. The van der Waals surface area contributed by atoms with Gasteiger partial charge in [-0.3, -0.25) is 0 Å². The van der Waals surface area contributed by atoms with Crippen molar-refractivity contribution in [1.82, 2.24) is 0 Å². The minimum absolute atomic E-state index is 0.600. The summed E-state index contributed by atoms with van der Waals surface area (Å²) in [6.07, 6.45) is -6.74. The van der Waals surface area contributed by atoms with Crippen LogP contribution in [-0.4, -0.2) is 81.7 Å². The summed E-state index contributed by atoms with van der Waals surface area (Å²) in [6.45, 7) is 11.6. The summed E-state index contributed by atoms with van der Waals surface area (Å²) in [5.41, 5.74) is 0. The van der Waals surface area contributed by atoms with Crippen LogP contribution in [0.5, 0.6) is 0 Å². The zero-order valence-corrected chi connectivity index (χ0v) is 19.2. The van der Waals surface area contributed by atoms with Gasteiger partial charge in [0.1, 0.15) is 34.9 Å². The number of aliphatic hydroxyl groups excluding tert-OH is 4. The summed E-state index contributed by atoms with van der Waals surface area (Å²) in [7, 11) is -5.40. The van der Waals surface area contributed by atoms with Crippen LogP contribution in [0.3, 0.4) is 0 Å². The Balaban J connectivity index is 3.77. The van der Waals surface area contributed by atoms with E-state index < -0.39 is 51.0 Å². The van der Waals surface area contributed by atoms with Crippen molar-refractivity contribution >= 4 is 16.1 Å². The minimum Gasteiger partial charge on any atom is -0.388 e. The van der Waals surface area contributed by atoms with Gasteiger partial charge < -0.3 is 30.6 Å². The second kappa shape index (κ2) is 8.28. The number of hydrogen-bond donors (Lipinski definition) is 6. The van der Waals surface area contributed by atoms with Gasteiger partial charge in [-0.1, -0.05) is 77.8 Å². The SMILES string of the molecule is CC[Si](CC)(CC)[C@]1(O)C(O)[C@@](O)([Si](CC)(CC)CC)[C@@H](O)C(O)[C@H]1O. The second-order valence-corrected chi connectivity index (χ2v) is 19.1. The monoisotopic (exact) mass is 408 g/mol. The van der Waals surface area contributed by atoms with E-state index in [1.165, 1.54) is 0 Å². The Bertz CT molecular complexity index is 414. The van der Waals surface area contributed by atoms with E-state index in [0.717, 1.165) is 0 Å². The van der Waals surface area contributed by atoms with Crippen LogP contribution >= 0.6 is 0 Å². The fourth-order valence-corrected chi connectivity index (χ4v) is 15.5. The van der Waals surface area contributed by atoms with Crippen LogP contribution in [0.2, 0.25) is 36.3 Å². The molecule has 6 nitrogen and oxygen atoms in total. The Morgan fingerprint density at radius 1 is 0.577 bits per heavy atom. The standard InChI is InChI=1S/C18H40O6Si2/c1-7-25(8-2,9-3)17(23)14(20)13(19)15(21)18(24,16(17)22)26(10-4,11-5)12-6/h13-16,19-24H,7-12H2,1-6H3/t13?,14-,15+,16?,17-,18-/m0/s1. The van der Waals surface area contributed by atoms with Crippen LogP contribution in [-0.2, 0) is 0 Å². The molecule has 2 unspecified atom stereocenters. The molecule has 0 aromatic rings. The summed E-state index contributed by atoms with van der Waals surface area (Å²) >= 11 is 0. The first kappa shape index (κ1) is 24.2. The molecule has 0 spiro atoms. The molecule has 0 heterocycles. The smallest absolute Gasteiger partial charge is 0.111 e. The molecule has 6 atom stereocenters. The molecule has 6 N–H and O–H groups in total. The van der Waals surface area contributed by atoms with Gasteiger partial charge >= 0.3 is 0 Å². The van der Waals surface area contributed by atoms with Gasteiger partial charge in [0.15, 0.2) is 0 Å². The Labute approximate surface area is 159 Å². The van der Waals surface area contributed by atoms with E-state index in [2.05, 4.69) is 0 Å². The zero-order valence-electron chi connectivity index (χ0n) is 17.2. The van der Waals surface area contributed by atoms with Crippen molar-refractivity contribution < 1.29 is 30.6 Å². The van der Waals surface area contributed by atoms with Crippen LogP contribution in [0.15, 0.2) is 0 Å². The molecule has 0 saturated heterocycles. The molecule has 1 aliphatic carbocycles. The summed E-state index contributed by atoms with van der Waals surface area (Å²) in [5, 5.41) is 63.2. The quantitative estimate of drug-likeness (QED) is 0.333. The first-order chi connectivity index (χ1) is 12.0. The van der Waals surface area contributed by atoms with E-state index >= 15 is 0 Å². The van der Waals surface area contributed by atoms with Crippen LogP contribution in [0.1, 0.15) is 41.5 Å². The molecule has 0 aliphatic heterocycles. The highest BCUT2D eigenvalue weighted by Crippen LogP contribution is 2.51. The van der Waals surface area contributed by atoms with Gasteiger partial charge in [0.2, 0.25) is 0 Å². The van der Waals surface area contributed by atoms with E-state index in [9.17, 15) is 30.6 Å². The van der Waals surface area contributed by atoms with Crippen molar-refractivity contribution in [2.75, 3.05) is 0 Å². The van der Waals surface area contributed by atoms with Crippen LogP contribution in [0.25, 0.3) is 0 Å². The third-order valence-electron chi connectivity index (χ3n) is 8.14. The van der Waals surface area contributed by atoms with Gasteiger partial charge in [0.05, 0.1) is 16.1 Å². The van der Waals surface area contributed by atoms with Crippen molar-refractivity contribution in [1.29, 1.82) is 0 Å². The Kier molecular flexibility index (Phi) is 7.72. The highest BCUT2D eigenvalue weighted by Gasteiger charge is 2.74. The highest BCUT2D eigenvalue weighted by atomic mass is 28.3. The topological polar surface area (TPSA) is 121 Å². The molecule has 1 aliphatic rings. The normalized spacial score (nSPS) is 39.2. The number of aliphatic hydroxyl groups is 6. The fraction of sp³-hybridized carbons (Fsp3) is 1.00. The molecule has 1 rings (SSSR count). The molecular formula is C18H40O6Si2. The predicted octanol–water partition coefficient (Wildman–Crippen LogP) is 1.00. The zero-order chi connectivity index (χ0) is 20.6. The van der Waals surface area contributed by atoms with E-state index in [1.807, 2.05) is 41.5 Å². The average Bonchev–Trinajstić information content (AvgIpc) is 2.67. The largest absolute Gasteiger partial charge is 0.388 e.